The molecular weight excluding hydrogens is 188 g/mol. The molecule has 0 amide bonds. The Labute approximate surface area is 91.1 Å². The minimum absolute atomic E-state index is 0.706. The third kappa shape index (κ3) is 2.72. The minimum Gasteiger partial charge on any atom is -0.396 e. The fraction of sp³-hybridized carbons (Fsp3) is 0.727. The van der Waals surface area contributed by atoms with E-state index in [0.29, 0.717) is 6.04 Å². The van der Waals surface area contributed by atoms with E-state index in [2.05, 4.69) is 24.0 Å². The Bertz CT molecular complexity index is 316. The van der Waals surface area contributed by atoms with Crippen LogP contribution in [0, 0.1) is 5.92 Å². The van der Waals surface area contributed by atoms with Gasteiger partial charge in [0.2, 0.25) is 0 Å². The number of hydrogen-bond donors (Lipinski definition) is 1. The first kappa shape index (κ1) is 10.5. The van der Waals surface area contributed by atoms with Crippen molar-refractivity contribution in [1.82, 2.24) is 14.7 Å². The highest BCUT2D eigenvalue weighted by Crippen LogP contribution is 2.34. The maximum Gasteiger partial charge on any atom is 0.0719 e. The van der Waals surface area contributed by atoms with E-state index in [0.717, 1.165) is 24.7 Å². The molecule has 1 fully saturated rings. The van der Waals surface area contributed by atoms with Gasteiger partial charge in [0.15, 0.2) is 0 Å². The van der Waals surface area contributed by atoms with Crippen LogP contribution in [0.4, 0.5) is 5.69 Å². The standard InChI is InChI=1S/C11H20N4/c1-9(10-3-4-10)14(2)5-6-15-8-11(12)7-13-15/h7-10H,3-6,12H2,1-2H3. The molecule has 0 radical (unpaired) electrons. The highest BCUT2D eigenvalue weighted by molar-refractivity contribution is 5.30. The van der Waals surface area contributed by atoms with Crippen molar-refractivity contribution in [2.24, 2.45) is 5.92 Å². The van der Waals surface area contributed by atoms with E-state index in [-0.39, 0.29) is 0 Å². The van der Waals surface area contributed by atoms with Gasteiger partial charge in [0.1, 0.15) is 0 Å². The molecule has 1 saturated carbocycles. The zero-order valence-electron chi connectivity index (χ0n) is 9.56. The zero-order chi connectivity index (χ0) is 10.8. The Morgan fingerprint density at radius 3 is 2.93 bits per heavy atom. The molecule has 2 N–H and O–H groups in total. The maximum absolute atomic E-state index is 5.61. The van der Waals surface area contributed by atoms with Gasteiger partial charge in [-0.05, 0) is 32.7 Å². The van der Waals surface area contributed by atoms with Crippen LogP contribution >= 0.6 is 0 Å². The van der Waals surface area contributed by atoms with Gasteiger partial charge in [-0.2, -0.15) is 5.10 Å². The van der Waals surface area contributed by atoms with Crippen molar-refractivity contribution >= 4 is 5.69 Å². The molecule has 1 aliphatic rings. The normalized spacial score (nSPS) is 18.3. The fourth-order valence-corrected chi connectivity index (χ4v) is 1.90. The van der Waals surface area contributed by atoms with E-state index in [4.69, 9.17) is 5.73 Å². The van der Waals surface area contributed by atoms with E-state index in [1.807, 2.05) is 10.9 Å². The molecule has 1 aromatic heterocycles. The molecule has 4 heteroatoms. The molecule has 1 aromatic rings. The van der Waals surface area contributed by atoms with Gasteiger partial charge in [0.05, 0.1) is 18.4 Å². The van der Waals surface area contributed by atoms with Gasteiger partial charge in [-0.25, -0.2) is 0 Å². The van der Waals surface area contributed by atoms with Crippen molar-refractivity contribution in [3.05, 3.63) is 12.4 Å². The highest BCUT2D eigenvalue weighted by Gasteiger charge is 2.30. The van der Waals surface area contributed by atoms with Crippen LogP contribution in [0.15, 0.2) is 12.4 Å². The number of anilines is 1. The number of nitrogens with two attached hydrogens (primary N) is 1. The van der Waals surface area contributed by atoms with Crippen molar-refractivity contribution in [2.75, 3.05) is 19.3 Å². The second kappa shape index (κ2) is 4.23. The zero-order valence-corrected chi connectivity index (χ0v) is 9.56. The molecule has 0 saturated heterocycles. The summed E-state index contributed by atoms with van der Waals surface area (Å²) in [5.41, 5.74) is 6.35. The van der Waals surface area contributed by atoms with E-state index >= 15 is 0 Å². The van der Waals surface area contributed by atoms with Crippen molar-refractivity contribution < 1.29 is 0 Å². The molecule has 4 nitrogen and oxygen atoms in total. The van der Waals surface area contributed by atoms with Crippen molar-refractivity contribution in [3.63, 3.8) is 0 Å². The minimum atomic E-state index is 0.706. The SMILES string of the molecule is CC(C1CC1)N(C)CCn1cc(N)cn1. The highest BCUT2D eigenvalue weighted by atomic mass is 15.3. The van der Waals surface area contributed by atoms with Gasteiger partial charge >= 0.3 is 0 Å². The number of hydrogen-bond acceptors (Lipinski definition) is 3. The van der Waals surface area contributed by atoms with E-state index < -0.39 is 0 Å². The summed E-state index contributed by atoms with van der Waals surface area (Å²) in [6.45, 7) is 4.28. The Morgan fingerprint density at radius 1 is 1.67 bits per heavy atom. The second-order valence-corrected chi connectivity index (χ2v) is 4.60. The van der Waals surface area contributed by atoms with Gasteiger partial charge in [-0.3, -0.25) is 4.68 Å². The molecule has 84 valence electrons. The van der Waals surface area contributed by atoms with Gasteiger partial charge in [0, 0.05) is 18.8 Å². The average Bonchev–Trinajstić information content (AvgIpc) is 2.98. The van der Waals surface area contributed by atoms with Gasteiger partial charge in [-0.15, -0.1) is 0 Å². The van der Waals surface area contributed by atoms with Crippen LogP contribution in [0.25, 0.3) is 0 Å². The summed E-state index contributed by atoms with van der Waals surface area (Å²) in [4.78, 5) is 2.41. The predicted molar refractivity (Wildman–Crippen MR) is 61.5 cm³/mol. The van der Waals surface area contributed by atoms with E-state index in [1.165, 1.54) is 12.8 Å². The predicted octanol–water partition coefficient (Wildman–Crippen LogP) is 1.20. The maximum atomic E-state index is 5.61. The van der Waals surface area contributed by atoms with Crippen LogP contribution < -0.4 is 5.73 Å². The molecule has 0 bridgehead atoms. The van der Waals surface area contributed by atoms with Crippen LogP contribution in [0.5, 0.6) is 0 Å². The Balaban J connectivity index is 1.77. The number of nitrogens with zero attached hydrogens (tertiary/aromatic N) is 3. The van der Waals surface area contributed by atoms with Crippen molar-refractivity contribution in [2.45, 2.75) is 32.4 Å². The summed E-state index contributed by atoms with van der Waals surface area (Å²) in [6.07, 6.45) is 6.39. The molecule has 0 aliphatic heterocycles. The molecule has 2 rings (SSSR count). The summed E-state index contributed by atoms with van der Waals surface area (Å²) in [5, 5.41) is 4.17. The molecule has 0 aromatic carbocycles. The number of nitrogen functional groups attached to an aromatic ring is 1. The fourth-order valence-electron chi connectivity index (χ4n) is 1.90. The van der Waals surface area contributed by atoms with Gasteiger partial charge in [-0.1, -0.05) is 0 Å². The Morgan fingerprint density at radius 2 is 2.40 bits per heavy atom. The first-order valence-corrected chi connectivity index (χ1v) is 5.65. The van der Waals surface area contributed by atoms with E-state index in [9.17, 15) is 0 Å². The topological polar surface area (TPSA) is 47.1 Å². The molecule has 1 atom stereocenters. The monoisotopic (exact) mass is 208 g/mol. The van der Waals surface area contributed by atoms with Crippen LogP contribution in [0.3, 0.4) is 0 Å². The van der Waals surface area contributed by atoms with Crippen molar-refractivity contribution in [3.8, 4) is 0 Å². The molecule has 15 heavy (non-hydrogen) atoms. The lowest BCUT2D eigenvalue weighted by atomic mass is 10.2. The summed E-state index contributed by atoms with van der Waals surface area (Å²) in [7, 11) is 2.19. The summed E-state index contributed by atoms with van der Waals surface area (Å²) < 4.78 is 1.91. The van der Waals surface area contributed by atoms with Gasteiger partial charge in [0.25, 0.3) is 0 Å². The van der Waals surface area contributed by atoms with Gasteiger partial charge < -0.3 is 10.6 Å². The largest absolute Gasteiger partial charge is 0.396 e. The molecule has 0 spiro atoms. The Hall–Kier alpha value is -1.03. The Kier molecular flexibility index (Phi) is 2.95. The lowest BCUT2D eigenvalue weighted by molar-refractivity contribution is 0.223. The molecule has 1 heterocycles. The third-order valence-electron chi connectivity index (χ3n) is 3.33. The number of likely N-dealkylation sites (N-methyl/N-ethyl adjacent to an activating group) is 1. The summed E-state index contributed by atoms with van der Waals surface area (Å²) in [5.74, 6) is 0.928. The van der Waals surface area contributed by atoms with Crippen LogP contribution in [0.2, 0.25) is 0 Å². The third-order valence-corrected chi connectivity index (χ3v) is 3.33. The first-order valence-electron chi connectivity index (χ1n) is 5.65. The van der Waals surface area contributed by atoms with E-state index in [1.54, 1.807) is 6.20 Å². The van der Waals surface area contributed by atoms with Crippen LogP contribution in [-0.4, -0.2) is 34.3 Å². The molecule has 1 unspecified atom stereocenters. The number of aromatic nitrogens is 2. The lowest BCUT2D eigenvalue weighted by Gasteiger charge is -2.24. The lowest BCUT2D eigenvalue weighted by Crippen LogP contribution is -2.33. The number of rotatable bonds is 5. The average molecular weight is 208 g/mol. The van der Waals surface area contributed by atoms with Crippen molar-refractivity contribution in [1.29, 1.82) is 0 Å². The van der Waals surface area contributed by atoms with Crippen LogP contribution in [-0.2, 0) is 6.54 Å². The first-order chi connectivity index (χ1) is 7.16. The van der Waals surface area contributed by atoms with Crippen LogP contribution in [0.1, 0.15) is 19.8 Å². The molecular formula is C11H20N4. The summed E-state index contributed by atoms with van der Waals surface area (Å²) in [6, 6.07) is 0.706. The smallest absolute Gasteiger partial charge is 0.0719 e. The second-order valence-electron chi connectivity index (χ2n) is 4.60. The quantitative estimate of drug-likeness (QED) is 0.791. The molecule has 1 aliphatic carbocycles. The summed E-state index contributed by atoms with van der Waals surface area (Å²) >= 11 is 0.